The van der Waals surface area contributed by atoms with Gasteiger partial charge in [-0.15, -0.1) is 15.3 Å². The molecule has 0 saturated heterocycles. The smallest absolute Gasteiger partial charge is 0.241 e. The summed E-state index contributed by atoms with van der Waals surface area (Å²) in [4.78, 5) is 0. The minimum atomic E-state index is 0.689. The second-order valence-corrected chi connectivity index (χ2v) is 5.96. The normalized spacial score (nSPS) is 11.1. The second kappa shape index (κ2) is 5.97. The fourth-order valence-corrected chi connectivity index (χ4v) is 3.08. The molecule has 0 atom stereocenters. The van der Waals surface area contributed by atoms with Crippen LogP contribution in [-0.2, 0) is 0 Å². The van der Waals surface area contributed by atoms with Gasteiger partial charge >= 0.3 is 0 Å². The lowest BCUT2D eigenvalue weighted by atomic mass is 10.2. The molecule has 26 heavy (non-hydrogen) atoms. The predicted octanol–water partition coefficient (Wildman–Crippen LogP) is 4.25. The largest absolute Gasteiger partial charge is 0.258 e. The molecule has 5 heteroatoms. The van der Waals surface area contributed by atoms with E-state index in [4.69, 9.17) is 5.10 Å². The zero-order valence-electron chi connectivity index (χ0n) is 13.9. The summed E-state index contributed by atoms with van der Waals surface area (Å²) in [7, 11) is 0. The highest BCUT2D eigenvalue weighted by Crippen LogP contribution is 2.27. The first-order valence-corrected chi connectivity index (χ1v) is 8.42. The van der Waals surface area contributed by atoms with Gasteiger partial charge in [-0.25, -0.2) is 4.40 Å². The highest BCUT2D eigenvalue weighted by Gasteiger charge is 2.20. The Kier molecular flexibility index (Phi) is 3.35. The Labute approximate surface area is 150 Å². The highest BCUT2D eigenvalue weighted by atomic mass is 15.5. The van der Waals surface area contributed by atoms with E-state index >= 15 is 0 Å². The molecular weight excluding hydrogens is 322 g/mol. The van der Waals surface area contributed by atoms with Gasteiger partial charge in [0.25, 0.3) is 5.78 Å². The lowest BCUT2D eigenvalue weighted by molar-refractivity contribution is 0.887. The molecule has 0 spiro atoms. The molecule has 0 bridgehead atoms. The number of fused-ring (bicyclic) bond motifs is 1. The summed E-state index contributed by atoms with van der Waals surface area (Å²) < 4.78 is 3.85. The summed E-state index contributed by atoms with van der Waals surface area (Å²) >= 11 is 0. The van der Waals surface area contributed by atoms with Crippen LogP contribution in [0.25, 0.3) is 34.2 Å². The number of hydrogen-bond donors (Lipinski definition) is 0. The first kappa shape index (κ1) is 14.6. The van der Waals surface area contributed by atoms with Crippen molar-refractivity contribution in [3.63, 3.8) is 0 Å². The standard InChI is InChI=1S/C21H15N5/c1-4-10-16(11-5-1)19-22-23-21-25(19)20(17-12-6-2-7-13-17)24-26(21)18-14-8-3-9-15-18/h1-15H. The van der Waals surface area contributed by atoms with Gasteiger partial charge in [-0.05, 0) is 12.1 Å². The van der Waals surface area contributed by atoms with Gasteiger partial charge in [0.1, 0.15) is 0 Å². The topological polar surface area (TPSA) is 48.0 Å². The maximum Gasteiger partial charge on any atom is 0.258 e. The predicted molar refractivity (Wildman–Crippen MR) is 101 cm³/mol. The maximum atomic E-state index is 4.85. The van der Waals surface area contributed by atoms with Crippen LogP contribution in [0.2, 0.25) is 0 Å². The van der Waals surface area contributed by atoms with E-state index in [9.17, 15) is 0 Å². The molecular formula is C21H15N5. The number of para-hydroxylation sites is 1. The van der Waals surface area contributed by atoms with Crippen molar-refractivity contribution in [1.29, 1.82) is 0 Å². The molecule has 0 radical (unpaired) electrons. The van der Waals surface area contributed by atoms with E-state index in [1.165, 1.54) is 0 Å². The zero-order chi connectivity index (χ0) is 17.3. The minimum Gasteiger partial charge on any atom is -0.241 e. The third kappa shape index (κ3) is 2.29. The lowest BCUT2D eigenvalue weighted by Gasteiger charge is -2.01. The first-order chi connectivity index (χ1) is 12.9. The van der Waals surface area contributed by atoms with Crippen molar-refractivity contribution in [3.8, 4) is 28.5 Å². The van der Waals surface area contributed by atoms with E-state index in [1.54, 1.807) is 0 Å². The van der Waals surface area contributed by atoms with Gasteiger partial charge < -0.3 is 0 Å². The zero-order valence-corrected chi connectivity index (χ0v) is 13.9. The van der Waals surface area contributed by atoms with Crippen molar-refractivity contribution in [1.82, 2.24) is 24.4 Å². The number of nitrogens with zero attached hydrogens (tertiary/aromatic N) is 5. The lowest BCUT2D eigenvalue weighted by Crippen LogP contribution is -1.97. The summed E-state index contributed by atoms with van der Waals surface area (Å²) in [6.45, 7) is 0. The molecule has 0 unspecified atom stereocenters. The third-order valence-corrected chi connectivity index (χ3v) is 4.31. The van der Waals surface area contributed by atoms with E-state index < -0.39 is 0 Å². The molecule has 5 aromatic rings. The van der Waals surface area contributed by atoms with Crippen molar-refractivity contribution in [3.05, 3.63) is 91.0 Å². The molecule has 0 aliphatic heterocycles. The van der Waals surface area contributed by atoms with Crippen LogP contribution in [0.4, 0.5) is 0 Å². The Balaban J connectivity index is 1.83. The molecule has 2 heterocycles. The number of aromatic nitrogens is 5. The molecule has 5 rings (SSSR count). The number of benzene rings is 3. The summed E-state index contributed by atoms with van der Waals surface area (Å²) in [6, 6.07) is 30.2. The Morgan fingerprint density at radius 2 is 1.08 bits per heavy atom. The Bertz CT molecular complexity index is 1120. The molecule has 0 aliphatic rings. The minimum absolute atomic E-state index is 0.689. The molecule has 3 aromatic carbocycles. The van der Waals surface area contributed by atoms with Crippen LogP contribution in [0.3, 0.4) is 0 Å². The molecule has 5 nitrogen and oxygen atoms in total. The van der Waals surface area contributed by atoms with Crippen LogP contribution in [-0.4, -0.2) is 24.4 Å². The molecule has 2 aromatic heterocycles. The number of hydrogen-bond acceptors (Lipinski definition) is 3. The van der Waals surface area contributed by atoms with Crippen molar-refractivity contribution in [2.24, 2.45) is 0 Å². The van der Waals surface area contributed by atoms with Crippen LogP contribution < -0.4 is 0 Å². The van der Waals surface area contributed by atoms with Crippen molar-refractivity contribution < 1.29 is 0 Å². The van der Waals surface area contributed by atoms with Gasteiger partial charge in [-0.3, -0.25) is 0 Å². The van der Waals surface area contributed by atoms with E-state index in [1.807, 2.05) is 100 Å². The van der Waals surface area contributed by atoms with E-state index in [2.05, 4.69) is 10.2 Å². The molecule has 0 N–H and O–H groups in total. The summed E-state index contributed by atoms with van der Waals surface area (Å²) in [5.41, 5.74) is 2.97. The average molecular weight is 337 g/mol. The van der Waals surface area contributed by atoms with Gasteiger partial charge in [-0.2, -0.15) is 4.68 Å². The molecule has 0 amide bonds. The quantitative estimate of drug-likeness (QED) is 0.494. The second-order valence-electron chi connectivity index (χ2n) is 5.96. The van der Waals surface area contributed by atoms with Crippen LogP contribution in [0.15, 0.2) is 91.0 Å². The SMILES string of the molecule is c1ccc(-c2nnc3n(-c4ccccc4)nc(-c4ccccc4)n23)cc1. The van der Waals surface area contributed by atoms with E-state index in [-0.39, 0.29) is 0 Å². The summed E-state index contributed by atoms with van der Waals surface area (Å²) in [5.74, 6) is 2.28. The monoisotopic (exact) mass is 337 g/mol. The number of rotatable bonds is 3. The van der Waals surface area contributed by atoms with Crippen LogP contribution in [0, 0.1) is 0 Å². The van der Waals surface area contributed by atoms with Crippen LogP contribution in [0.5, 0.6) is 0 Å². The van der Waals surface area contributed by atoms with Crippen LogP contribution in [0.1, 0.15) is 0 Å². The average Bonchev–Trinajstić information content (AvgIpc) is 3.31. The Morgan fingerprint density at radius 1 is 0.538 bits per heavy atom. The Morgan fingerprint density at radius 3 is 1.69 bits per heavy atom. The van der Waals surface area contributed by atoms with Crippen molar-refractivity contribution in [2.75, 3.05) is 0 Å². The summed E-state index contributed by atoms with van der Waals surface area (Å²) in [5, 5.41) is 13.7. The van der Waals surface area contributed by atoms with Gasteiger partial charge in [0.05, 0.1) is 5.69 Å². The van der Waals surface area contributed by atoms with E-state index in [0.29, 0.717) is 5.78 Å². The van der Waals surface area contributed by atoms with Gasteiger partial charge in [0.2, 0.25) is 0 Å². The first-order valence-electron chi connectivity index (χ1n) is 8.42. The van der Waals surface area contributed by atoms with Gasteiger partial charge in [-0.1, -0.05) is 78.9 Å². The highest BCUT2D eigenvalue weighted by molar-refractivity contribution is 5.67. The maximum absolute atomic E-state index is 4.85. The van der Waals surface area contributed by atoms with Gasteiger partial charge in [0, 0.05) is 11.1 Å². The Hall–Kier alpha value is -3.73. The molecule has 0 saturated carbocycles. The molecule has 0 fully saturated rings. The van der Waals surface area contributed by atoms with Crippen molar-refractivity contribution in [2.45, 2.75) is 0 Å². The van der Waals surface area contributed by atoms with E-state index in [0.717, 1.165) is 28.5 Å². The van der Waals surface area contributed by atoms with Gasteiger partial charge in [0.15, 0.2) is 11.6 Å². The fourth-order valence-electron chi connectivity index (χ4n) is 3.08. The van der Waals surface area contributed by atoms with Crippen molar-refractivity contribution >= 4 is 5.78 Å². The third-order valence-electron chi connectivity index (χ3n) is 4.31. The fraction of sp³-hybridized carbons (Fsp3) is 0. The summed E-state index contributed by atoms with van der Waals surface area (Å²) in [6.07, 6.45) is 0. The van der Waals surface area contributed by atoms with Crippen LogP contribution >= 0.6 is 0 Å². The molecule has 124 valence electrons. The molecule has 0 aliphatic carbocycles.